The number of nitrogens with zero attached hydrogens (tertiary/aromatic N) is 2. The van der Waals surface area contributed by atoms with Crippen molar-refractivity contribution in [2.24, 2.45) is 5.92 Å². The Balaban J connectivity index is 2.15. The molecule has 1 aromatic rings. The van der Waals surface area contributed by atoms with Gasteiger partial charge in [-0.25, -0.2) is 0 Å². The maximum Gasteiger partial charge on any atom is 0.0717 e. The summed E-state index contributed by atoms with van der Waals surface area (Å²) in [4.78, 5) is 6.39. The van der Waals surface area contributed by atoms with Gasteiger partial charge < -0.3 is 10.0 Å². The first-order valence-electron chi connectivity index (χ1n) is 5.60. The number of aliphatic hydroxyl groups is 1. The molecule has 0 aromatic carbocycles. The van der Waals surface area contributed by atoms with E-state index in [4.69, 9.17) is 0 Å². The van der Waals surface area contributed by atoms with Crippen LogP contribution in [0.2, 0.25) is 0 Å². The molecule has 0 amide bonds. The number of rotatable bonds is 2. The lowest BCUT2D eigenvalue weighted by Gasteiger charge is -2.33. The van der Waals surface area contributed by atoms with Crippen molar-refractivity contribution in [1.82, 2.24) is 4.98 Å². The van der Waals surface area contributed by atoms with Crippen molar-refractivity contribution in [1.29, 1.82) is 0 Å². The lowest BCUT2D eigenvalue weighted by Crippen LogP contribution is -2.33. The molecule has 15 heavy (non-hydrogen) atoms. The van der Waals surface area contributed by atoms with Crippen molar-refractivity contribution in [2.45, 2.75) is 26.4 Å². The van der Waals surface area contributed by atoms with Gasteiger partial charge in [0.2, 0.25) is 0 Å². The number of aromatic nitrogens is 1. The fourth-order valence-corrected chi connectivity index (χ4v) is 2.10. The van der Waals surface area contributed by atoms with Gasteiger partial charge in [0.05, 0.1) is 6.61 Å². The van der Waals surface area contributed by atoms with Crippen molar-refractivity contribution in [3.63, 3.8) is 0 Å². The first-order valence-corrected chi connectivity index (χ1v) is 5.60. The Bertz CT molecular complexity index is 319. The lowest BCUT2D eigenvalue weighted by atomic mass is 9.98. The number of piperidine rings is 1. The summed E-state index contributed by atoms with van der Waals surface area (Å²) in [7, 11) is 0. The van der Waals surface area contributed by atoms with Crippen LogP contribution in [-0.4, -0.2) is 23.2 Å². The van der Waals surface area contributed by atoms with Gasteiger partial charge in [0.1, 0.15) is 0 Å². The molecule has 1 aliphatic rings. The summed E-state index contributed by atoms with van der Waals surface area (Å²) in [5, 5.41) is 9.23. The van der Waals surface area contributed by atoms with E-state index in [1.54, 1.807) is 12.4 Å². The molecule has 1 N–H and O–H groups in total. The molecule has 82 valence electrons. The second-order valence-corrected chi connectivity index (χ2v) is 4.33. The molecule has 0 unspecified atom stereocenters. The van der Waals surface area contributed by atoms with Gasteiger partial charge in [-0.15, -0.1) is 0 Å². The highest BCUT2D eigenvalue weighted by atomic mass is 16.3. The van der Waals surface area contributed by atoms with Gasteiger partial charge in [-0.1, -0.05) is 6.92 Å². The van der Waals surface area contributed by atoms with Crippen molar-refractivity contribution in [3.05, 3.63) is 24.0 Å². The van der Waals surface area contributed by atoms with Gasteiger partial charge in [0.25, 0.3) is 0 Å². The molecule has 3 nitrogen and oxygen atoms in total. The van der Waals surface area contributed by atoms with Gasteiger partial charge in [-0.2, -0.15) is 0 Å². The molecular formula is C12H18N2O. The molecule has 1 aliphatic heterocycles. The Morgan fingerprint density at radius 1 is 1.47 bits per heavy atom. The highest BCUT2D eigenvalue weighted by molar-refractivity contribution is 5.52. The monoisotopic (exact) mass is 206 g/mol. The molecule has 0 aliphatic carbocycles. The molecule has 3 heteroatoms. The van der Waals surface area contributed by atoms with Crippen LogP contribution in [0, 0.1) is 5.92 Å². The third kappa shape index (κ3) is 2.29. The summed E-state index contributed by atoms with van der Waals surface area (Å²) >= 11 is 0. The predicted octanol–water partition coefficient (Wildman–Crippen LogP) is 1.81. The van der Waals surface area contributed by atoms with E-state index in [-0.39, 0.29) is 6.61 Å². The van der Waals surface area contributed by atoms with Crippen LogP contribution in [0.15, 0.2) is 18.5 Å². The summed E-state index contributed by atoms with van der Waals surface area (Å²) in [6.07, 6.45) is 6.04. The molecule has 0 radical (unpaired) electrons. The third-order valence-electron chi connectivity index (χ3n) is 3.17. The Morgan fingerprint density at radius 3 is 2.87 bits per heavy atom. The first-order chi connectivity index (χ1) is 7.31. The van der Waals surface area contributed by atoms with E-state index >= 15 is 0 Å². The second kappa shape index (κ2) is 4.62. The van der Waals surface area contributed by atoms with Gasteiger partial charge in [-0.3, -0.25) is 4.98 Å². The summed E-state index contributed by atoms with van der Waals surface area (Å²) in [5.74, 6) is 0.834. The minimum Gasteiger partial charge on any atom is -0.392 e. The van der Waals surface area contributed by atoms with Gasteiger partial charge in [-0.05, 0) is 24.8 Å². The first kappa shape index (κ1) is 10.4. The van der Waals surface area contributed by atoms with Crippen LogP contribution in [0.5, 0.6) is 0 Å². The molecule has 0 spiro atoms. The van der Waals surface area contributed by atoms with E-state index in [9.17, 15) is 5.11 Å². The Labute approximate surface area is 90.8 Å². The maximum absolute atomic E-state index is 9.23. The van der Waals surface area contributed by atoms with E-state index in [0.717, 1.165) is 30.3 Å². The van der Waals surface area contributed by atoms with Crippen molar-refractivity contribution >= 4 is 5.69 Å². The molecule has 1 saturated heterocycles. The molecule has 1 aromatic heterocycles. The largest absolute Gasteiger partial charge is 0.392 e. The topological polar surface area (TPSA) is 36.4 Å². The standard InChI is InChI=1S/C12H18N2O/c1-10-3-6-14(7-4-10)12-2-5-13-8-11(12)9-15/h2,5,8,10,15H,3-4,6-7,9H2,1H3. The van der Waals surface area contributed by atoms with Crippen molar-refractivity contribution in [3.8, 4) is 0 Å². The molecule has 0 atom stereocenters. The van der Waals surface area contributed by atoms with Crippen LogP contribution >= 0.6 is 0 Å². The van der Waals surface area contributed by atoms with E-state index in [1.807, 2.05) is 6.07 Å². The van der Waals surface area contributed by atoms with Crippen LogP contribution in [0.1, 0.15) is 25.3 Å². The smallest absolute Gasteiger partial charge is 0.0717 e. The summed E-state index contributed by atoms with van der Waals surface area (Å²) < 4.78 is 0. The van der Waals surface area contributed by atoms with Crippen molar-refractivity contribution in [2.75, 3.05) is 18.0 Å². The summed E-state index contributed by atoms with van der Waals surface area (Å²) in [6.45, 7) is 4.57. The van der Waals surface area contributed by atoms with Crippen LogP contribution in [0.4, 0.5) is 5.69 Å². The highest BCUT2D eigenvalue weighted by Crippen LogP contribution is 2.25. The minimum absolute atomic E-state index is 0.0786. The highest BCUT2D eigenvalue weighted by Gasteiger charge is 2.17. The third-order valence-corrected chi connectivity index (χ3v) is 3.17. The Hall–Kier alpha value is -1.09. The number of hydrogen-bond donors (Lipinski definition) is 1. The van der Waals surface area contributed by atoms with Gasteiger partial charge >= 0.3 is 0 Å². The van der Waals surface area contributed by atoms with E-state index in [2.05, 4.69) is 16.8 Å². The molecule has 0 bridgehead atoms. The van der Waals surface area contributed by atoms with E-state index in [0.29, 0.717) is 0 Å². The maximum atomic E-state index is 9.23. The predicted molar refractivity (Wildman–Crippen MR) is 60.8 cm³/mol. The van der Waals surface area contributed by atoms with Crippen LogP contribution in [-0.2, 0) is 6.61 Å². The average Bonchev–Trinajstić information content (AvgIpc) is 2.30. The van der Waals surface area contributed by atoms with Gasteiger partial charge in [0, 0.05) is 36.7 Å². The van der Waals surface area contributed by atoms with Crippen LogP contribution < -0.4 is 4.90 Å². The Morgan fingerprint density at radius 2 is 2.20 bits per heavy atom. The minimum atomic E-state index is 0.0786. The number of anilines is 1. The fraction of sp³-hybridized carbons (Fsp3) is 0.583. The molecule has 2 rings (SSSR count). The molecule has 0 saturated carbocycles. The zero-order chi connectivity index (χ0) is 10.7. The van der Waals surface area contributed by atoms with Crippen molar-refractivity contribution < 1.29 is 5.11 Å². The molecular weight excluding hydrogens is 188 g/mol. The number of pyridine rings is 1. The van der Waals surface area contributed by atoms with Gasteiger partial charge in [0.15, 0.2) is 0 Å². The number of aliphatic hydroxyl groups excluding tert-OH is 1. The average molecular weight is 206 g/mol. The molecule has 1 fully saturated rings. The quantitative estimate of drug-likeness (QED) is 0.801. The summed E-state index contributed by atoms with van der Waals surface area (Å²) in [6, 6.07) is 2.00. The zero-order valence-electron chi connectivity index (χ0n) is 9.19. The van der Waals surface area contributed by atoms with Crippen LogP contribution in [0.3, 0.4) is 0 Å². The normalized spacial score (nSPS) is 18.1. The zero-order valence-corrected chi connectivity index (χ0v) is 9.19. The summed E-state index contributed by atoms with van der Waals surface area (Å²) in [5.41, 5.74) is 2.09. The van der Waals surface area contributed by atoms with Crippen LogP contribution in [0.25, 0.3) is 0 Å². The van der Waals surface area contributed by atoms with E-state index in [1.165, 1.54) is 12.8 Å². The molecule has 2 heterocycles. The SMILES string of the molecule is CC1CCN(c2ccncc2CO)CC1. The lowest BCUT2D eigenvalue weighted by molar-refractivity contribution is 0.281. The fourth-order valence-electron chi connectivity index (χ4n) is 2.10. The Kier molecular flexibility index (Phi) is 3.21. The van der Waals surface area contributed by atoms with E-state index < -0.39 is 0 Å². The number of hydrogen-bond acceptors (Lipinski definition) is 3. The second-order valence-electron chi connectivity index (χ2n) is 4.33.